The summed E-state index contributed by atoms with van der Waals surface area (Å²) in [6, 6.07) is 26.4. The van der Waals surface area contributed by atoms with Crippen molar-refractivity contribution in [3.63, 3.8) is 0 Å². The van der Waals surface area contributed by atoms with Gasteiger partial charge in [-0.3, -0.25) is 9.59 Å². The van der Waals surface area contributed by atoms with Crippen LogP contribution in [0.1, 0.15) is 21.5 Å². The molecule has 4 rings (SSSR count). The quantitative estimate of drug-likeness (QED) is 0.242. The highest BCUT2D eigenvalue weighted by Crippen LogP contribution is 2.17. The Hall–Kier alpha value is -4.41. The number of halogens is 2. The summed E-state index contributed by atoms with van der Waals surface area (Å²) < 4.78 is 61.5. The van der Waals surface area contributed by atoms with Crippen molar-refractivity contribution in [3.05, 3.63) is 138 Å². The number of sulfonamides is 1. The third-order valence-corrected chi connectivity index (χ3v) is 7.68. The SMILES string of the molecule is O=C(N[C@@H](COC(=O)[C@@H](Cc1ccccc1)NS(=O)(=O)c1ccc(F)cc1F)Cc1ccccc1)c1ccccc1. The predicted octanol–water partition coefficient (Wildman–Crippen LogP) is 4.44. The van der Waals surface area contributed by atoms with Crippen LogP contribution >= 0.6 is 0 Å². The third kappa shape index (κ3) is 8.54. The Balaban J connectivity index is 1.53. The number of rotatable bonds is 12. The Morgan fingerprint density at radius 3 is 1.90 bits per heavy atom. The Kier molecular flexibility index (Phi) is 9.94. The number of nitrogens with one attached hydrogen (secondary N) is 2. The lowest BCUT2D eigenvalue weighted by Crippen LogP contribution is -2.46. The Morgan fingerprint density at radius 1 is 0.756 bits per heavy atom. The predicted molar refractivity (Wildman–Crippen MR) is 149 cm³/mol. The minimum atomic E-state index is -4.58. The van der Waals surface area contributed by atoms with E-state index in [0.717, 1.165) is 17.7 Å². The standard InChI is InChI=1S/C31H28F2N2O5S/c32-25-16-17-29(27(33)20-25)41(38,39)35-28(19-23-12-6-2-7-13-23)31(37)40-21-26(18-22-10-4-1-5-11-22)34-30(36)24-14-8-3-9-15-24/h1-17,20,26,28,35H,18-19,21H2,(H,34,36)/t26-,28-/m1/s1. The lowest BCUT2D eigenvalue weighted by atomic mass is 10.1. The molecule has 4 aromatic rings. The van der Waals surface area contributed by atoms with Gasteiger partial charge < -0.3 is 10.1 Å². The smallest absolute Gasteiger partial charge is 0.324 e. The van der Waals surface area contributed by atoms with Crippen LogP contribution in [0.4, 0.5) is 8.78 Å². The number of amides is 1. The second-order valence-corrected chi connectivity index (χ2v) is 11.0. The van der Waals surface area contributed by atoms with Gasteiger partial charge in [0.1, 0.15) is 29.2 Å². The summed E-state index contributed by atoms with van der Waals surface area (Å²) in [6.45, 7) is -0.260. The van der Waals surface area contributed by atoms with Crippen LogP contribution in [0.5, 0.6) is 0 Å². The largest absolute Gasteiger partial charge is 0.462 e. The van der Waals surface area contributed by atoms with Crippen LogP contribution in [-0.2, 0) is 32.4 Å². The minimum absolute atomic E-state index is 0.0958. The molecule has 212 valence electrons. The molecule has 4 aromatic carbocycles. The number of carbonyl (C=O) groups is 2. The molecule has 7 nitrogen and oxygen atoms in total. The molecule has 0 bridgehead atoms. The number of benzene rings is 4. The zero-order chi connectivity index (χ0) is 29.2. The number of ether oxygens (including phenoxy) is 1. The van der Waals surface area contributed by atoms with Gasteiger partial charge >= 0.3 is 5.97 Å². The van der Waals surface area contributed by atoms with Gasteiger partial charge in [0.05, 0.1) is 6.04 Å². The number of hydrogen-bond donors (Lipinski definition) is 2. The fourth-order valence-corrected chi connectivity index (χ4v) is 5.40. The molecule has 0 unspecified atom stereocenters. The van der Waals surface area contributed by atoms with E-state index in [2.05, 4.69) is 10.0 Å². The van der Waals surface area contributed by atoms with E-state index < -0.39 is 44.6 Å². The molecule has 0 aliphatic heterocycles. The van der Waals surface area contributed by atoms with Crippen LogP contribution in [0.15, 0.2) is 114 Å². The van der Waals surface area contributed by atoms with Crippen LogP contribution in [0.25, 0.3) is 0 Å². The van der Waals surface area contributed by atoms with E-state index in [9.17, 15) is 26.8 Å². The first-order valence-corrected chi connectivity index (χ1v) is 14.3. The van der Waals surface area contributed by atoms with Crippen LogP contribution in [0.2, 0.25) is 0 Å². The van der Waals surface area contributed by atoms with E-state index in [4.69, 9.17) is 4.74 Å². The molecule has 10 heteroatoms. The molecule has 0 fully saturated rings. The van der Waals surface area contributed by atoms with Crippen molar-refractivity contribution in [3.8, 4) is 0 Å². The highest BCUT2D eigenvalue weighted by molar-refractivity contribution is 7.89. The molecule has 0 saturated heterocycles. The fraction of sp³-hybridized carbons (Fsp3) is 0.161. The van der Waals surface area contributed by atoms with Crippen molar-refractivity contribution in [2.75, 3.05) is 6.61 Å². The van der Waals surface area contributed by atoms with Crippen molar-refractivity contribution >= 4 is 21.9 Å². The monoisotopic (exact) mass is 578 g/mol. The normalized spacial score (nSPS) is 12.7. The molecule has 0 aliphatic carbocycles. The first-order chi connectivity index (χ1) is 19.7. The zero-order valence-electron chi connectivity index (χ0n) is 21.9. The molecule has 0 radical (unpaired) electrons. The Bertz CT molecular complexity index is 1570. The highest BCUT2D eigenvalue weighted by Gasteiger charge is 2.30. The molecule has 0 saturated carbocycles. The van der Waals surface area contributed by atoms with Gasteiger partial charge in [-0.05, 0) is 48.2 Å². The van der Waals surface area contributed by atoms with E-state index in [0.29, 0.717) is 23.6 Å². The van der Waals surface area contributed by atoms with Gasteiger partial charge in [-0.2, -0.15) is 4.72 Å². The molecule has 0 aliphatic rings. The van der Waals surface area contributed by atoms with Crippen molar-refractivity contribution in [1.29, 1.82) is 0 Å². The average Bonchev–Trinajstić information content (AvgIpc) is 2.96. The van der Waals surface area contributed by atoms with Gasteiger partial charge in [0.2, 0.25) is 10.0 Å². The van der Waals surface area contributed by atoms with Gasteiger partial charge in [0.25, 0.3) is 5.91 Å². The van der Waals surface area contributed by atoms with Crippen LogP contribution in [0.3, 0.4) is 0 Å². The summed E-state index contributed by atoms with van der Waals surface area (Å²) in [4.78, 5) is 25.3. The van der Waals surface area contributed by atoms with Gasteiger partial charge in [-0.25, -0.2) is 17.2 Å². The second kappa shape index (κ2) is 13.8. The first-order valence-electron chi connectivity index (χ1n) is 12.8. The Labute approximate surface area is 237 Å². The average molecular weight is 579 g/mol. The molecule has 1 amide bonds. The van der Waals surface area contributed by atoms with Crippen molar-refractivity contribution in [2.45, 2.75) is 29.8 Å². The highest BCUT2D eigenvalue weighted by atomic mass is 32.2. The summed E-state index contributed by atoms with van der Waals surface area (Å²) in [6.07, 6.45) is 0.240. The van der Waals surface area contributed by atoms with Crippen molar-refractivity contribution < 1.29 is 31.5 Å². The maximum Gasteiger partial charge on any atom is 0.324 e. The number of esters is 1. The molecule has 0 aromatic heterocycles. The third-order valence-electron chi connectivity index (χ3n) is 6.17. The summed E-state index contributed by atoms with van der Waals surface area (Å²) >= 11 is 0. The maximum atomic E-state index is 14.3. The second-order valence-electron chi connectivity index (χ2n) is 9.29. The van der Waals surface area contributed by atoms with E-state index in [-0.39, 0.29) is 18.9 Å². The number of carbonyl (C=O) groups excluding carboxylic acids is 2. The van der Waals surface area contributed by atoms with E-state index in [1.54, 1.807) is 60.7 Å². The molecule has 2 atom stereocenters. The topological polar surface area (TPSA) is 102 Å². The van der Waals surface area contributed by atoms with Crippen LogP contribution in [0, 0.1) is 11.6 Å². The summed E-state index contributed by atoms with van der Waals surface area (Å²) in [5.74, 6) is -3.53. The molecular weight excluding hydrogens is 550 g/mol. The van der Waals surface area contributed by atoms with Crippen molar-refractivity contribution in [1.82, 2.24) is 10.0 Å². The van der Waals surface area contributed by atoms with Gasteiger partial charge in [-0.15, -0.1) is 0 Å². The zero-order valence-corrected chi connectivity index (χ0v) is 22.7. The van der Waals surface area contributed by atoms with E-state index >= 15 is 0 Å². The first kappa shape index (κ1) is 29.6. The molecule has 2 N–H and O–H groups in total. The van der Waals surface area contributed by atoms with Gasteiger partial charge in [-0.1, -0.05) is 78.9 Å². The van der Waals surface area contributed by atoms with E-state index in [1.165, 1.54) is 0 Å². The van der Waals surface area contributed by atoms with Gasteiger partial charge in [0.15, 0.2) is 0 Å². The summed E-state index contributed by atoms with van der Waals surface area (Å²) in [7, 11) is -4.58. The lowest BCUT2D eigenvalue weighted by molar-refractivity contribution is -0.146. The Morgan fingerprint density at radius 2 is 1.32 bits per heavy atom. The van der Waals surface area contributed by atoms with Crippen LogP contribution < -0.4 is 10.0 Å². The lowest BCUT2D eigenvalue weighted by Gasteiger charge is -2.22. The van der Waals surface area contributed by atoms with Crippen LogP contribution in [-0.4, -0.2) is 39.0 Å². The van der Waals surface area contributed by atoms with E-state index in [1.807, 2.05) is 30.3 Å². The number of hydrogen-bond acceptors (Lipinski definition) is 5. The summed E-state index contributed by atoms with van der Waals surface area (Å²) in [5.41, 5.74) is 1.93. The fourth-order valence-electron chi connectivity index (χ4n) is 4.16. The van der Waals surface area contributed by atoms with Gasteiger partial charge in [0, 0.05) is 11.6 Å². The van der Waals surface area contributed by atoms with Crippen molar-refractivity contribution in [2.24, 2.45) is 0 Å². The minimum Gasteiger partial charge on any atom is -0.462 e. The molecular formula is C31H28F2N2O5S. The molecule has 41 heavy (non-hydrogen) atoms. The summed E-state index contributed by atoms with van der Waals surface area (Å²) in [5, 5.41) is 2.87. The molecule has 0 heterocycles. The molecule has 0 spiro atoms. The maximum absolute atomic E-state index is 14.3.